The molecule has 0 aliphatic rings. The molecule has 0 rings (SSSR count). The van der Waals surface area contributed by atoms with Crippen LogP contribution in [-0.2, 0) is 9.53 Å². The molecular formula is C33H66O4. The first kappa shape index (κ1) is 36.4. The minimum atomic E-state index is -0.763. The quantitative estimate of drug-likeness (QED) is 0.0696. The lowest BCUT2D eigenvalue weighted by molar-refractivity contribution is -0.153. The molecule has 37 heavy (non-hydrogen) atoms. The van der Waals surface area contributed by atoms with Crippen LogP contribution >= 0.6 is 0 Å². The summed E-state index contributed by atoms with van der Waals surface area (Å²) in [7, 11) is 0. The number of aliphatic hydroxyl groups excluding tert-OH is 2. The molecule has 0 aromatic heterocycles. The summed E-state index contributed by atoms with van der Waals surface area (Å²) < 4.78 is 4.97. The van der Waals surface area contributed by atoms with Gasteiger partial charge in [-0.1, -0.05) is 174 Å². The minimum absolute atomic E-state index is 0.312. The highest BCUT2D eigenvalue weighted by molar-refractivity contribution is 5.69. The Balaban J connectivity index is 3.11. The number of ether oxygens (including phenoxy) is 1. The summed E-state index contributed by atoms with van der Waals surface area (Å²) in [5.41, 5.74) is 0. The Hall–Kier alpha value is -0.610. The normalized spacial score (nSPS) is 11.5. The van der Waals surface area contributed by atoms with Gasteiger partial charge in [0, 0.05) is 6.42 Å². The van der Waals surface area contributed by atoms with Crippen molar-refractivity contribution in [3.63, 3.8) is 0 Å². The van der Waals surface area contributed by atoms with E-state index in [1.807, 2.05) is 0 Å². The Labute approximate surface area is 231 Å². The molecule has 222 valence electrons. The molecule has 0 fully saturated rings. The second kappa shape index (κ2) is 31.6. The van der Waals surface area contributed by atoms with Crippen molar-refractivity contribution in [2.24, 2.45) is 0 Å². The molecule has 0 heterocycles. The van der Waals surface area contributed by atoms with E-state index in [0.29, 0.717) is 6.42 Å². The third kappa shape index (κ3) is 29.8. The van der Waals surface area contributed by atoms with Crippen LogP contribution in [-0.4, -0.2) is 35.5 Å². The molecule has 2 N–H and O–H groups in total. The fourth-order valence-corrected chi connectivity index (χ4v) is 5.14. The van der Waals surface area contributed by atoms with Crippen LogP contribution in [0.2, 0.25) is 0 Å². The van der Waals surface area contributed by atoms with Crippen LogP contribution in [0.5, 0.6) is 0 Å². The second-order valence-corrected chi connectivity index (χ2v) is 11.4. The van der Waals surface area contributed by atoms with E-state index in [2.05, 4.69) is 6.92 Å². The number of hydrogen-bond donors (Lipinski definition) is 2. The molecule has 0 bridgehead atoms. The Morgan fingerprint density at radius 2 is 0.703 bits per heavy atom. The Morgan fingerprint density at radius 3 is 0.946 bits per heavy atom. The highest BCUT2D eigenvalue weighted by atomic mass is 16.6. The van der Waals surface area contributed by atoms with Crippen molar-refractivity contribution in [2.45, 2.75) is 193 Å². The van der Waals surface area contributed by atoms with Crippen LogP contribution in [0.4, 0.5) is 0 Å². The summed E-state index contributed by atoms with van der Waals surface area (Å²) in [5.74, 6) is -0.312. The van der Waals surface area contributed by atoms with E-state index in [1.54, 1.807) is 0 Å². The van der Waals surface area contributed by atoms with Gasteiger partial charge in [0.1, 0.15) is 6.10 Å². The van der Waals surface area contributed by atoms with E-state index >= 15 is 0 Å². The van der Waals surface area contributed by atoms with E-state index in [4.69, 9.17) is 14.9 Å². The van der Waals surface area contributed by atoms with Gasteiger partial charge in [0.15, 0.2) is 0 Å². The largest absolute Gasteiger partial charge is 0.457 e. The standard InChI is InChI=1S/C33H66O4/c1-2-3-4-5-6-7-8-9-10-11-12-13-14-15-16-17-18-19-20-21-22-23-24-25-26-27-28-29-33(36)37-32(30-34)31-35/h32,34-35H,2-31H2,1H3. The summed E-state index contributed by atoms with van der Waals surface area (Å²) in [6.07, 6.45) is 36.8. The van der Waals surface area contributed by atoms with Crippen LogP contribution in [0.25, 0.3) is 0 Å². The van der Waals surface area contributed by atoms with E-state index in [9.17, 15) is 4.79 Å². The van der Waals surface area contributed by atoms with E-state index in [-0.39, 0.29) is 19.2 Å². The van der Waals surface area contributed by atoms with Crippen LogP contribution in [0, 0.1) is 0 Å². The fourth-order valence-electron chi connectivity index (χ4n) is 5.14. The predicted octanol–water partition coefficient (Wildman–Crippen LogP) is 9.83. The Kier molecular flexibility index (Phi) is 31.1. The van der Waals surface area contributed by atoms with Gasteiger partial charge in [-0.15, -0.1) is 0 Å². The zero-order chi connectivity index (χ0) is 27.1. The van der Waals surface area contributed by atoms with Gasteiger partial charge in [0.25, 0.3) is 0 Å². The third-order valence-electron chi connectivity index (χ3n) is 7.69. The van der Waals surface area contributed by atoms with E-state index in [0.717, 1.165) is 12.8 Å². The SMILES string of the molecule is CCCCCCCCCCCCCCCCCCCCCCCCCCCCCC(=O)OC(CO)CO. The Bertz CT molecular complexity index is 436. The molecule has 0 amide bonds. The highest BCUT2D eigenvalue weighted by Gasteiger charge is 2.11. The maximum absolute atomic E-state index is 11.6. The van der Waals surface area contributed by atoms with Crippen molar-refractivity contribution in [1.29, 1.82) is 0 Å². The van der Waals surface area contributed by atoms with Crippen LogP contribution in [0.3, 0.4) is 0 Å². The maximum Gasteiger partial charge on any atom is 0.306 e. The average Bonchev–Trinajstić information content (AvgIpc) is 2.91. The molecule has 4 nitrogen and oxygen atoms in total. The summed E-state index contributed by atoms with van der Waals surface area (Å²) in [6.45, 7) is 1.66. The number of aliphatic hydroxyl groups is 2. The lowest BCUT2D eigenvalue weighted by Gasteiger charge is -2.12. The van der Waals surface area contributed by atoms with Crippen molar-refractivity contribution in [2.75, 3.05) is 13.2 Å². The Morgan fingerprint density at radius 1 is 0.459 bits per heavy atom. The van der Waals surface area contributed by atoms with Gasteiger partial charge >= 0.3 is 5.97 Å². The number of unbranched alkanes of at least 4 members (excludes halogenated alkanes) is 26. The lowest BCUT2D eigenvalue weighted by atomic mass is 10.0. The molecule has 0 aliphatic heterocycles. The zero-order valence-corrected chi connectivity index (χ0v) is 25.0. The molecule has 0 aromatic carbocycles. The topological polar surface area (TPSA) is 66.8 Å². The van der Waals surface area contributed by atoms with Gasteiger partial charge in [-0.25, -0.2) is 0 Å². The molecule has 0 saturated heterocycles. The molecule has 0 unspecified atom stereocenters. The number of carbonyl (C=O) groups excluding carboxylic acids is 1. The molecular weight excluding hydrogens is 460 g/mol. The van der Waals surface area contributed by atoms with Crippen molar-refractivity contribution < 1.29 is 19.7 Å². The summed E-state index contributed by atoms with van der Waals surface area (Å²) in [4.78, 5) is 11.6. The molecule has 0 atom stereocenters. The van der Waals surface area contributed by atoms with Crippen molar-refractivity contribution >= 4 is 5.97 Å². The van der Waals surface area contributed by atoms with Crippen LogP contribution in [0.15, 0.2) is 0 Å². The minimum Gasteiger partial charge on any atom is -0.457 e. The fraction of sp³-hybridized carbons (Fsp3) is 0.970. The molecule has 4 heteroatoms. The monoisotopic (exact) mass is 526 g/mol. The van der Waals surface area contributed by atoms with Gasteiger partial charge in [-0.3, -0.25) is 4.79 Å². The molecule has 0 radical (unpaired) electrons. The number of esters is 1. The van der Waals surface area contributed by atoms with Crippen molar-refractivity contribution in [1.82, 2.24) is 0 Å². The van der Waals surface area contributed by atoms with E-state index < -0.39 is 6.10 Å². The predicted molar refractivity (Wildman–Crippen MR) is 159 cm³/mol. The number of carbonyl (C=O) groups is 1. The molecule has 0 aromatic rings. The third-order valence-corrected chi connectivity index (χ3v) is 7.69. The first-order valence-corrected chi connectivity index (χ1v) is 16.7. The van der Waals surface area contributed by atoms with E-state index in [1.165, 1.54) is 161 Å². The van der Waals surface area contributed by atoms with Gasteiger partial charge in [-0.2, -0.15) is 0 Å². The molecule has 0 saturated carbocycles. The maximum atomic E-state index is 11.6. The summed E-state index contributed by atoms with van der Waals surface area (Å²) in [6, 6.07) is 0. The van der Waals surface area contributed by atoms with Gasteiger partial charge in [-0.05, 0) is 6.42 Å². The van der Waals surface area contributed by atoms with Crippen molar-refractivity contribution in [3.8, 4) is 0 Å². The zero-order valence-electron chi connectivity index (χ0n) is 25.0. The number of hydrogen-bond acceptors (Lipinski definition) is 4. The lowest BCUT2D eigenvalue weighted by Crippen LogP contribution is -2.25. The van der Waals surface area contributed by atoms with Crippen molar-refractivity contribution in [3.05, 3.63) is 0 Å². The van der Waals surface area contributed by atoms with Gasteiger partial charge in [0.2, 0.25) is 0 Å². The molecule has 0 spiro atoms. The van der Waals surface area contributed by atoms with Gasteiger partial charge in [0.05, 0.1) is 13.2 Å². The summed E-state index contributed by atoms with van der Waals surface area (Å²) in [5, 5.41) is 17.8. The first-order valence-electron chi connectivity index (χ1n) is 16.7. The first-order chi connectivity index (χ1) is 18.2. The van der Waals surface area contributed by atoms with Crippen LogP contribution in [0.1, 0.15) is 187 Å². The average molecular weight is 527 g/mol. The van der Waals surface area contributed by atoms with Crippen LogP contribution < -0.4 is 0 Å². The summed E-state index contributed by atoms with van der Waals surface area (Å²) >= 11 is 0. The van der Waals surface area contributed by atoms with Gasteiger partial charge < -0.3 is 14.9 Å². The number of rotatable bonds is 31. The second-order valence-electron chi connectivity index (χ2n) is 11.4. The highest BCUT2D eigenvalue weighted by Crippen LogP contribution is 2.16. The smallest absolute Gasteiger partial charge is 0.306 e. The molecule has 0 aliphatic carbocycles.